The van der Waals surface area contributed by atoms with Crippen molar-refractivity contribution in [2.24, 2.45) is 28.6 Å². The number of carbonyl (C=O) groups is 3. The van der Waals surface area contributed by atoms with E-state index in [0.717, 1.165) is 0 Å². The molecule has 0 aromatic rings. The van der Waals surface area contributed by atoms with Gasteiger partial charge in [-0.2, -0.15) is 0 Å². The third kappa shape index (κ3) is 1.95. The van der Waals surface area contributed by atoms with Crippen molar-refractivity contribution >= 4 is 17.3 Å². The van der Waals surface area contributed by atoms with Crippen LogP contribution in [-0.4, -0.2) is 29.2 Å². The number of ketones is 3. The normalized spacial score (nSPS) is 50.6. The van der Waals surface area contributed by atoms with Gasteiger partial charge >= 0.3 is 0 Å². The fourth-order valence-corrected chi connectivity index (χ4v) is 6.95. The van der Waals surface area contributed by atoms with E-state index in [1.807, 2.05) is 6.92 Å². The first-order valence-electron chi connectivity index (χ1n) is 9.67. The quantitative estimate of drug-likeness (QED) is 0.708. The van der Waals surface area contributed by atoms with E-state index in [0.29, 0.717) is 12.8 Å². The average Bonchev–Trinajstić information content (AvgIpc) is 2.89. The predicted molar refractivity (Wildman–Crippen MR) is 91.9 cm³/mol. The highest BCUT2D eigenvalue weighted by molar-refractivity contribution is 5.96. The molecule has 142 valence electrons. The van der Waals surface area contributed by atoms with Gasteiger partial charge < -0.3 is 0 Å². The number of rotatable bonds is 1. The Morgan fingerprint density at radius 3 is 2.54 bits per heavy atom. The minimum Gasteiger partial charge on any atom is -0.300 e. The Balaban J connectivity index is 1.84. The van der Waals surface area contributed by atoms with E-state index in [1.165, 1.54) is 13.0 Å². The molecule has 0 bridgehead atoms. The molecular formula is C21H26F2O3. The molecule has 7 atom stereocenters. The summed E-state index contributed by atoms with van der Waals surface area (Å²) in [4.78, 5) is 37.1. The molecule has 3 fully saturated rings. The lowest BCUT2D eigenvalue weighted by molar-refractivity contribution is -0.177. The molecule has 3 nitrogen and oxygen atoms in total. The molecule has 3 saturated carbocycles. The van der Waals surface area contributed by atoms with Crippen LogP contribution in [0.15, 0.2) is 11.6 Å². The van der Waals surface area contributed by atoms with Crippen LogP contribution in [0.25, 0.3) is 0 Å². The largest absolute Gasteiger partial charge is 0.300 e. The molecule has 0 aliphatic heterocycles. The summed E-state index contributed by atoms with van der Waals surface area (Å²) in [5, 5.41) is 0. The third-order valence-electron chi connectivity index (χ3n) is 8.27. The van der Waals surface area contributed by atoms with Gasteiger partial charge in [0.1, 0.15) is 12.0 Å². The molecule has 4 aliphatic carbocycles. The van der Waals surface area contributed by atoms with Crippen LogP contribution >= 0.6 is 0 Å². The first kappa shape index (κ1) is 18.0. The number of halogens is 2. The first-order valence-corrected chi connectivity index (χ1v) is 9.67. The summed E-state index contributed by atoms with van der Waals surface area (Å²) >= 11 is 0. The van der Waals surface area contributed by atoms with Crippen molar-refractivity contribution in [1.29, 1.82) is 0 Å². The summed E-state index contributed by atoms with van der Waals surface area (Å²) in [5.74, 6) is -1.79. The van der Waals surface area contributed by atoms with Gasteiger partial charge in [0, 0.05) is 30.1 Å². The first-order chi connectivity index (χ1) is 12.1. The SMILES string of the molecule is CC(=O)[C@H]1CC[C@H]2[C@@H]3CC(F)C4=CC(=O)CC[C@]4(C)[C@@]3(F)C(=O)C[C@]12C. The summed E-state index contributed by atoms with van der Waals surface area (Å²) in [6.07, 6.45) is 1.44. The molecular weight excluding hydrogens is 338 g/mol. The average molecular weight is 364 g/mol. The smallest absolute Gasteiger partial charge is 0.181 e. The minimum absolute atomic E-state index is 0.0304. The molecule has 0 N–H and O–H groups in total. The Bertz CT molecular complexity index is 744. The fraction of sp³-hybridized carbons (Fsp3) is 0.762. The van der Waals surface area contributed by atoms with Crippen molar-refractivity contribution in [2.75, 3.05) is 0 Å². The van der Waals surface area contributed by atoms with Gasteiger partial charge in [-0.05, 0) is 55.6 Å². The lowest BCUT2D eigenvalue weighted by atomic mass is 9.44. The Kier molecular flexibility index (Phi) is 3.69. The second-order valence-electron chi connectivity index (χ2n) is 9.37. The van der Waals surface area contributed by atoms with Crippen LogP contribution in [0, 0.1) is 28.6 Å². The van der Waals surface area contributed by atoms with E-state index in [4.69, 9.17) is 0 Å². The van der Waals surface area contributed by atoms with Gasteiger partial charge in [0.25, 0.3) is 0 Å². The number of Topliss-reactive ketones (excluding diaryl/α,β-unsaturated/α-hetero) is 2. The van der Waals surface area contributed by atoms with Crippen molar-refractivity contribution in [3.05, 3.63) is 11.6 Å². The molecule has 26 heavy (non-hydrogen) atoms. The monoisotopic (exact) mass is 364 g/mol. The molecule has 0 saturated heterocycles. The van der Waals surface area contributed by atoms with Gasteiger partial charge in [-0.15, -0.1) is 0 Å². The summed E-state index contributed by atoms with van der Waals surface area (Å²) in [6.45, 7) is 5.08. The second-order valence-corrected chi connectivity index (χ2v) is 9.37. The molecule has 0 heterocycles. The van der Waals surface area contributed by atoms with E-state index in [1.54, 1.807) is 6.92 Å². The van der Waals surface area contributed by atoms with Gasteiger partial charge in [0.15, 0.2) is 17.2 Å². The molecule has 4 rings (SSSR count). The molecule has 0 aromatic carbocycles. The van der Waals surface area contributed by atoms with E-state index >= 15 is 8.78 Å². The number of carbonyl (C=O) groups excluding carboxylic acids is 3. The Morgan fingerprint density at radius 1 is 1.19 bits per heavy atom. The maximum atomic E-state index is 16.6. The van der Waals surface area contributed by atoms with Crippen molar-refractivity contribution in [3.63, 3.8) is 0 Å². The van der Waals surface area contributed by atoms with E-state index < -0.39 is 34.4 Å². The summed E-state index contributed by atoms with van der Waals surface area (Å²) < 4.78 is 31.7. The zero-order valence-corrected chi connectivity index (χ0v) is 15.6. The van der Waals surface area contributed by atoms with Crippen molar-refractivity contribution in [2.45, 2.75) is 71.1 Å². The van der Waals surface area contributed by atoms with E-state index in [9.17, 15) is 14.4 Å². The molecule has 0 aromatic heterocycles. The highest BCUT2D eigenvalue weighted by atomic mass is 19.1. The lowest BCUT2D eigenvalue weighted by Gasteiger charge is -2.60. The van der Waals surface area contributed by atoms with Crippen LogP contribution in [0.2, 0.25) is 0 Å². The summed E-state index contributed by atoms with van der Waals surface area (Å²) in [6, 6.07) is 0. The number of fused-ring (bicyclic) bond motifs is 5. The molecule has 0 radical (unpaired) electrons. The second kappa shape index (κ2) is 5.32. The van der Waals surface area contributed by atoms with Crippen LogP contribution in [-0.2, 0) is 14.4 Å². The van der Waals surface area contributed by atoms with Crippen LogP contribution in [0.3, 0.4) is 0 Å². The topological polar surface area (TPSA) is 51.2 Å². The van der Waals surface area contributed by atoms with Gasteiger partial charge in [-0.25, -0.2) is 8.78 Å². The number of hydrogen-bond donors (Lipinski definition) is 0. The number of alkyl halides is 2. The van der Waals surface area contributed by atoms with Gasteiger partial charge in [0.05, 0.1) is 0 Å². The highest BCUT2D eigenvalue weighted by Gasteiger charge is 2.72. The molecule has 0 amide bonds. The Hall–Kier alpha value is -1.39. The molecule has 4 aliphatic rings. The fourth-order valence-electron chi connectivity index (χ4n) is 6.95. The highest BCUT2D eigenvalue weighted by Crippen LogP contribution is 2.68. The predicted octanol–water partition coefficient (Wildman–Crippen LogP) is 3.94. The Morgan fingerprint density at radius 2 is 1.88 bits per heavy atom. The maximum Gasteiger partial charge on any atom is 0.181 e. The van der Waals surface area contributed by atoms with Crippen molar-refractivity contribution in [1.82, 2.24) is 0 Å². The van der Waals surface area contributed by atoms with Crippen LogP contribution in [0.4, 0.5) is 8.78 Å². The Labute approximate surface area is 152 Å². The van der Waals surface area contributed by atoms with Gasteiger partial charge in [-0.1, -0.05) is 13.8 Å². The van der Waals surface area contributed by atoms with Gasteiger partial charge in [0.2, 0.25) is 0 Å². The summed E-state index contributed by atoms with van der Waals surface area (Å²) in [7, 11) is 0. The van der Waals surface area contributed by atoms with E-state index in [-0.39, 0.29) is 54.7 Å². The molecule has 1 unspecified atom stereocenters. The standard InChI is InChI=1S/C21H26F2O3/c1-11(24)13-4-5-14-15-9-17(22)16-8-12(25)6-7-20(16,3)21(15,23)18(26)10-19(13,14)2/h8,13-15,17H,4-7,9-10H2,1-3H3/t13-,14+,15+,17?,19-,20+,21+/m1/s1. The number of hydrogen-bond acceptors (Lipinski definition) is 3. The van der Waals surface area contributed by atoms with Crippen LogP contribution < -0.4 is 0 Å². The van der Waals surface area contributed by atoms with Crippen LogP contribution in [0.1, 0.15) is 59.3 Å². The number of allylic oxidation sites excluding steroid dienone is 1. The molecule has 5 heteroatoms. The van der Waals surface area contributed by atoms with E-state index in [2.05, 4.69) is 0 Å². The van der Waals surface area contributed by atoms with Crippen molar-refractivity contribution < 1.29 is 23.2 Å². The van der Waals surface area contributed by atoms with Gasteiger partial charge in [-0.3, -0.25) is 14.4 Å². The zero-order chi connectivity index (χ0) is 19.1. The molecule has 0 spiro atoms. The zero-order valence-electron chi connectivity index (χ0n) is 15.6. The maximum absolute atomic E-state index is 16.6. The van der Waals surface area contributed by atoms with Crippen LogP contribution in [0.5, 0.6) is 0 Å². The third-order valence-corrected chi connectivity index (χ3v) is 8.27. The van der Waals surface area contributed by atoms with Crippen molar-refractivity contribution in [3.8, 4) is 0 Å². The lowest BCUT2D eigenvalue weighted by Crippen LogP contribution is -2.67. The summed E-state index contributed by atoms with van der Waals surface area (Å²) in [5.41, 5.74) is -3.80. The minimum atomic E-state index is -2.14.